The maximum absolute atomic E-state index is 12.0. The quantitative estimate of drug-likeness (QED) is 0.701. The molecule has 2 fully saturated rings. The number of aliphatic hydroxyl groups is 1. The van der Waals surface area contributed by atoms with Crippen LogP contribution in [0.3, 0.4) is 0 Å². The number of aliphatic hydroxyl groups excluding tert-OH is 1. The number of carboxylic acid groups (broad SMARTS) is 1. The first kappa shape index (κ1) is 14.5. The third-order valence-corrected chi connectivity index (χ3v) is 5.50. The third-order valence-electron chi connectivity index (χ3n) is 4.08. The maximum Gasteiger partial charge on any atom is 0.326 e. The van der Waals surface area contributed by atoms with Crippen molar-refractivity contribution in [2.75, 3.05) is 19.3 Å². The first-order valence-corrected chi connectivity index (χ1v) is 7.70. The second-order valence-corrected chi connectivity index (χ2v) is 6.57. The van der Waals surface area contributed by atoms with E-state index in [1.165, 1.54) is 11.3 Å². The molecule has 7 heteroatoms. The predicted molar refractivity (Wildman–Crippen MR) is 72.2 cm³/mol. The van der Waals surface area contributed by atoms with Crippen LogP contribution in [0.1, 0.15) is 25.7 Å². The van der Waals surface area contributed by atoms with E-state index in [-0.39, 0.29) is 23.7 Å². The molecule has 1 saturated carbocycles. The average molecular weight is 288 g/mol. The fraction of sp³-hybridized carbons (Fsp3) is 0.833. The van der Waals surface area contributed by atoms with E-state index in [0.29, 0.717) is 6.54 Å². The lowest BCUT2D eigenvalue weighted by molar-refractivity contribution is -0.141. The lowest BCUT2D eigenvalue weighted by atomic mass is 9.84. The number of urea groups is 1. The van der Waals surface area contributed by atoms with Gasteiger partial charge in [-0.05, 0) is 19.1 Å². The number of carbonyl (C=O) groups is 2. The highest BCUT2D eigenvalue weighted by Gasteiger charge is 2.41. The number of hydrogen-bond acceptors (Lipinski definition) is 4. The molecule has 0 spiro atoms. The number of likely N-dealkylation sites (tertiary alicyclic amines) is 1. The van der Waals surface area contributed by atoms with Crippen LogP contribution in [0.2, 0.25) is 0 Å². The number of hydrogen-bond donors (Lipinski definition) is 3. The minimum absolute atomic E-state index is 0.0923. The van der Waals surface area contributed by atoms with Crippen LogP contribution in [0.25, 0.3) is 0 Å². The molecule has 1 heterocycles. The van der Waals surface area contributed by atoms with Gasteiger partial charge in [0.2, 0.25) is 0 Å². The van der Waals surface area contributed by atoms with Gasteiger partial charge in [-0.1, -0.05) is 6.42 Å². The maximum atomic E-state index is 12.0. The summed E-state index contributed by atoms with van der Waals surface area (Å²) < 4.78 is 0.118. The van der Waals surface area contributed by atoms with E-state index in [9.17, 15) is 14.7 Å². The minimum atomic E-state index is -1.06. The molecule has 0 bridgehead atoms. The van der Waals surface area contributed by atoms with Crippen molar-refractivity contribution >= 4 is 23.8 Å². The largest absolute Gasteiger partial charge is 0.480 e. The first-order chi connectivity index (χ1) is 8.97. The van der Waals surface area contributed by atoms with Gasteiger partial charge in [-0.3, -0.25) is 0 Å². The molecule has 0 radical (unpaired) electrons. The predicted octanol–water partition coefficient (Wildman–Crippen LogP) is 0.501. The molecule has 1 aliphatic carbocycles. The van der Waals surface area contributed by atoms with Gasteiger partial charge < -0.3 is 20.4 Å². The number of nitrogens with zero attached hydrogens (tertiary/aromatic N) is 1. The van der Waals surface area contributed by atoms with Crippen molar-refractivity contribution in [2.24, 2.45) is 0 Å². The van der Waals surface area contributed by atoms with Gasteiger partial charge in [-0.15, -0.1) is 0 Å². The zero-order chi connectivity index (χ0) is 14.0. The van der Waals surface area contributed by atoms with Gasteiger partial charge >= 0.3 is 12.0 Å². The summed E-state index contributed by atoms with van der Waals surface area (Å²) in [7, 11) is 0. The van der Waals surface area contributed by atoms with E-state index in [1.54, 1.807) is 11.8 Å². The van der Waals surface area contributed by atoms with Crippen molar-refractivity contribution in [1.82, 2.24) is 10.2 Å². The molecule has 0 aromatic rings. The standard InChI is InChI=1S/C12H20N2O4S/c1-19-12(3-2-4-12)7-13-11(18)14-6-8(15)5-9(14)10(16)17/h8-9,15H,2-7H2,1H3,(H,13,18)(H,16,17)/t8?,9-/m0/s1. The highest BCUT2D eigenvalue weighted by Crippen LogP contribution is 2.42. The Bertz CT molecular complexity index is 367. The highest BCUT2D eigenvalue weighted by atomic mass is 32.2. The van der Waals surface area contributed by atoms with Gasteiger partial charge in [-0.2, -0.15) is 11.8 Å². The third kappa shape index (κ3) is 2.97. The highest BCUT2D eigenvalue weighted by molar-refractivity contribution is 8.00. The Morgan fingerprint density at radius 2 is 2.16 bits per heavy atom. The summed E-state index contributed by atoms with van der Waals surface area (Å²) in [6, 6.07) is -1.30. The molecule has 1 saturated heterocycles. The van der Waals surface area contributed by atoms with Crippen LogP contribution in [-0.2, 0) is 4.79 Å². The molecular formula is C12H20N2O4S. The number of thioether (sulfide) groups is 1. The van der Waals surface area contributed by atoms with Crippen molar-refractivity contribution in [3.8, 4) is 0 Å². The molecular weight excluding hydrogens is 268 g/mol. The zero-order valence-corrected chi connectivity index (χ0v) is 11.8. The Balaban J connectivity index is 1.90. The molecule has 1 unspecified atom stereocenters. The summed E-state index contributed by atoms with van der Waals surface area (Å²) in [5.74, 6) is -1.06. The van der Waals surface area contributed by atoms with Crippen molar-refractivity contribution < 1.29 is 19.8 Å². The molecule has 3 N–H and O–H groups in total. The number of amides is 2. The number of carbonyl (C=O) groups excluding carboxylic acids is 1. The van der Waals surface area contributed by atoms with Crippen molar-refractivity contribution in [1.29, 1.82) is 0 Å². The summed E-state index contributed by atoms with van der Waals surface area (Å²) in [5.41, 5.74) is 0. The molecule has 0 aromatic carbocycles. The van der Waals surface area contributed by atoms with E-state index < -0.39 is 18.1 Å². The van der Waals surface area contributed by atoms with E-state index in [2.05, 4.69) is 5.32 Å². The minimum Gasteiger partial charge on any atom is -0.480 e. The molecule has 0 aromatic heterocycles. The SMILES string of the molecule is CSC1(CNC(=O)N2CC(O)C[C@H]2C(=O)O)CCC1. The van der Waals surface area contributed by atoms with Crippen LogP contribution in [0, 0.1) is 0 Å². The number of carboxylic acids is 1. The Morgan fingerprint density at radius 3 is 2.63 bits per heavy atom. The van der Waals surface area contributed by atoms with Crippen molar-refractivity contribution in [3.05, 3.63) is 0 Å². The van der Waals surface area contributed by atoms with Crippen molar-refractivity contribution in [3.63, 3.8) is 0 Å². The fourth-order valence-corrected chi connectivity index (χ4v) is 3.55. The summed E-state index contributed by atoms with van der Waals surface area (Å²) in [6.45, 7) is 0.654. The van der Waals surface area contributed by atoms with E-state index in [4.69, 9.17) is 5.11 Å². The molecule has 2 rings (SSSR count). The molecule has 6 nitrogen and oxygen atoms in total. The Hall–Kier alpha value is -0.950. The second kappa shape index (κ2) is 5.58. The lowest BCUT2D eigenvalue weighted by Gasteiger charge is -2.40. The number of rotatable bonds is 4. The van der Waals surface area contributed by atoms with Crippen LogP contribution in [-0.4, -0.2) is 63.4 Å². The number of nitrogens with one attached hydrogen (secondary N) is 1. The Labute approximate surface area is 116 Å². The Morgan fingerprint density at radius 1 is 1.47 bits per heavy atom. The van der Waals surface area contributed by atoms with Crippen LogP contribution in [0.4, 0.5) is 4.79 Å². The van der Waals surface area contributed by atoms with Crippen molar-refractivity contribution in [2.45, 2.75) is 42.6 Å². The van der Waals surface area contributed by atoms with Gasteiger partial charge in [0.25, 0.3) is 0 Å². The van der Waals surface area contributed by atoms with Gasteiger partial charge in [-0.25, -0.2) is 9.59 Å². The smallest absolute Gasteiger partial charge is 0.326 e. The first-order valence-electron chi connectivity index (χ1n) is 6.48. The van der Waals surface area contributed by atoms with Crippen LogP contribution >= 0.6 is 11.8 Å². The summed E-state index contributed by atoms with van der Waals surface area (Å²) in [5, 5.41) is 21.4. The van der Waals surface area contributed by atoms with Gasteiger partial charge in [0.05, 0.1) is 6.10 Å². The van der Waals surface area contributed by atoms with E-state index in [0.717, 1.165) is 12.8 Å². The molecule has 2 aliphatic rings. The van der Waals surface area contributed by atoms with Gasteiger partial charge in [0, 0.05) is 24.3 Å². The van der Waals surface area contributed by atoms with E-state index in [1.807, 2.05) is 6.26 Å². The molecule has 19 heavy (non-hydrogen) atoms. The number of β-amino-alcohol motifs (C(OH)–C–C–N with tert-alkyl or cyclic N) is 1. The van der Waals surface area contributed by atoms with Crippen LogP contribution in [0.5, 0.6) is 0 Å². The lowest BCUT2D eigenvalue weighted by Crippen LogP contribution is -2.51. The number of aliphatic carboxylic acids is 1. The zero-order valence-electron chi connectivity index (χ0n) is 11.0. The second-order valence-electron chi connectivity index (χ2n) is 5.30. The summed E-state index contributed by atoms with van der Waals surface area (Å²) in [4.78, 5) is 24.3. The Kier molecular flexibility index (Phi) is 4.25. The molecule has 2 amide bonds. The van der Waals surface area contributed by atoms with E-state index >= 15 is 0 Å². The fourth-order valence-electron chi connectivity index (χ4n) is 2.63. The molecule has 2 atom stereocenters. The molecule has 1 aliphatic heterocycles. The molecule has 108 valence electrons. The normalized spacial score (nSPS) is 28.8. The van der Waals surface area contributed by atoms with Gasteiger partial charge in [0.15, 0.2) is 0 Å². The van der Waals surface area contributed by atoms with Crippen LogP contribution < -0.4 is 5.32 Å². The summed E-state index contributed by atoms with van der Waals surface area (Å²) in [6.07, 6.45) is 4.74. The van der Waals surface area contributed by atoms with Crippen LogP contribution in [0.15, 0.2) is 0 Å². The average Bonchev–Trinajstić information content (AvgIpc) is 2.70. The summed E-state index contributed by atoms with van der Waals surface area (Å²) >= 11 is 1.75. The van der Waals surface area contributed by atoms with Gasteiger partial charge in [0.1, 0.15) is 6.04 Å². The topological polar surface area (TPSA) is 89.9 Å². The monoisotopic (exact) mass is 288 g/mol.